The first-order chi connectivity index (χ1) is 7.71. The first kappa shape index (κ1) is 14.0. The topological polar surface area (TPSA) is 55.2 Å². The lowest BCUT2D eigenvalue weighted by Gasteiger charge is -2.28. The van der Waals surface area contributed by atoms with Gasteiger partial charge in [-0.1, -0.05) is 36.7 Å². The summed E-state index contributed by atoms with van der Waals surface area (Å²) in [5, 5.41) is 14.1. The standard InChI is InChI=1S/C12H17BrN2O2/c1-8(12(2,3)4)14-10-7-9(13)5-6-11(10)15(16)17/h5-8,14H,1-4H3. The Bertz CT molecular complexity index is 427. The molecule has 1 unspecified atom stereocenters. The fraction of sp³-hybridized carbons (Fsp3) is 0.500. The summed E-state index contributed by atoms with van der Waals surface area (Å²) in [5.74, 6) is 0. The zero-order valence-corrected chi connectivity index (χ0v) is 12.0. The van der Waals surface area contributed by atoms with Crippen LogP contribution in [-0.2, 0) is 0 Å². The van der Waals surface area contributed by atoms with Crippen molar-refractivity contribution in [1.29, 1.82) is 0 Å². The molecular formula is C12H17BrN2O2. The molecule has 1 atom stereocenters. The van der Waals surface area contributed by atoms with Crippen LogP contribution in [0.1, 0.15) is 27.7 Å². The molecule has 0 fully saturated rings. The van der Waals surface area contributed by atoms with Crippen molar-refractivity contribution in [2.75, 3.05) is 5.32 Å². The second-order valence-corrected chi connectivity index (χ2v) is 6.07. The molecule has 4 nitrogen and oxygen atoms in total. The number of anilines is 1. The molecule has 0 saturated carbocycles. The molecule has 0 aliphatic heterocycles. The Morgan fingerprint density at radius 2 is 2.00 bits per heavy atom. The van der Waals surface area contributed by atoms with Gasteiger partial charge in [-0.2, -0.15) is 0 Å². The van der Waals surface area contributed by atoms with E-state index < -0.39 is 0 Å². The average Bonchev–Trinajstić information content (AvgIpc) is 2.15. The number of halogens is 1. The van der Waals surface area contributed by atoms with Crippen LogP contribution in [-0.4, -0.2) is 11.0 Å². The summed E-state index contributed by atoms with van der Waals surface area (Å²) in [4.78, 5) is 10.5. The highest BCUT2D eigenvalue weighted by atomic mass is 79.9. The molecule has 0 aliphatic rings. The normalized spacial score (nSPS) is 13.2. The smallest absolute Gasteiger partial charge is 0.292 e. The van der Waals surface area contributed by atoms with E-state index >= 15 is 0 Å². The van der Waals surface area contributed by atoms with Gasteiger partial charge in [-0.15, -0.1) is 0 Å². The van der Waals surface area contributed by atoms with Crippen molar-refractivity contribution in [3.63, 3.8) is 0 Å². The third-order valence-corrected chi connectivity index (χ3v) is 3.32. The number of nitrogens with zero attached hydrogens (tertiary/aromatic N) is 1. The summed E-state index contributed by atoms with van der Waals surface area (Å²) in [7, 11) is 0. The van der Waals surface area contributed by atoms with E-state index in [1.54, 1.807) is 12.1 Å². The van der Waals surface area contributed by atoms with Gasteiger partial charge in [0.05, 0.1) is 4.92 Å². The minimum atomic E-state index is -0.371. The maximum Gasteiger partial charge on any atom is 0.292 e. The molecule has 1 rings (SSSR count). The highest BCUT2D eigenvalue weighted by Crippen LogP contribution is 2.31. The molecule has 0 aromatic heterocycles. The maximum atomic E-state index is 10.9. The van der Waals surface area contributed by atoms with Crippen molar-refractivity contribution in [3.05, 3.63) is 32.8 Å². The van der Waals surface area contributed by atoms with Crippen LogP contribution in [0, 0.1) is 15.5 Å². The number of hydrogen-bond donors (Lipinski definition) is 1. The van der Waals surface area contributed by atoms with E-state index in [1.165, 1.54) is 6.07 Å². The molecule has 0 amide bonds. The van der Waals surface area contributed by atoms with Crippen LogP contribution >= 0.6 is 15.9 Å². The number of nitro benzene ring substituents is 1. The molecule has 0 aliphatic carbocycles. The number of benzene rings is 1. The van der Waals surface area contributed by atoms with Crippen LogP contribution in [0.5, 0.6) is 0 Å². The van der Waals surface area contributed by atoms with Crippen molar-refractivity contribution in [1.82, 2.24) is 0 Å². The highest BCUT2D eigenvalue weighted by molar-refractivity contribution is 9.10. The van der Waals surface area contributed by atoms with Gasteiger partial charge in [-0.05, 0) is 24.5 Å². The van der Waals surface area contributed by atoms with Crippen LogP contribution in [0.15, 0.2) is 22.7 Å². The molecule has 1 N–H and O–H groups in total. The Labute approximate surface area is 110 Å². The SMILES string of the molecule is CC(Nc1cc(Br)ccc1[N+](=O)[O-])C(C)(C)C. The van der Waals surface area contributed by atoms with Gasteiger partial charge in [-0.25, -0.2) is 0 Å². The summed E-state index contributed by atoms with van der Waals surface area (Å²) in [6, 6.07) is 5.04. The van der Waals surface area contributed by atoms with E-state index in [9.17, 15) is 10.1 Å². The van der Waals surface area contributed by atoms with Crippen molar-refractivity contribution in [2.24, 2.45) is 5.41 Å². The fourth-order valence-corrected chi connectivity index (χ4v) is 1.59. The summed E-state index contributed by atoms with van der Waals surface area (Å²) < 4.78 is 0.826. The first-order valence-electron chi connectivity index (χ1n) is 5.42. The van der Waals surface area contributed by atoms with E-state index in [1.807, 2.05) is 6.92 Å². The van der Waals surface area contributed by atoms with Crippen molar-refractivity contribution in [2.45, 2.75) is 33.7 Å². The number of rotatable bonds is 3. The molecular weight excluding hydrogens is 284 g/mol. The molecule has 17 heavy (non-hydrogen) atoms. The minimum absolute atomic E-state index is 0.0379. The molecule has 0 saturated heterocycles. The maximum absolute atomic E-state index is 10.9. The Hall–Kier alpha value is -1.10. The fourth-order valence-electron chi connectivity index (χ4n) is 1.23. The van der Waals surface area contributed by atoms with Crippen LogP contribution in [0.3, 0.4) is 0 Å². The Kier molecular flexibility index (Phi) is 4.14. The molecule has 1 aromatic carbocycles. The van der Waals surface area contributed by atoms with Gasteiger partial charge in [0.1, 0.15) is 5.69 Å². The second kappa shape index (κ2) is 5.04. The minimum Gasteiger partial charge on any atom is -0.376 e. The number of nitrogens with one attached hydrogen (secondary N) is 1. The van der Waals surface area contributed by atoms with Crippen molar-refractivity contribution >= 4 is 27.3 Å². The zero-order chi connectivity index (χ0) is 13.2. The largest absolute Gasteiger partial charge is 0.376 e. The highest BCUT2D eigenvalue weighted by Gasteiger charge is 2.23. The predicted octanol–water partition coefficient (Wildman–Crippen LogP) is 4.20. The Balaban J connectivity index is 3.04. The Morgan fingerprint density at radius 3 is 2.47 bits per heavy atom. The van der Waals surface area contributed by atoms with Crippen LogP contribution in [0.25, 0.3) is 0 Å². The monoisotopic (exact) mass is 300 g/mol. The number of nitro groups is 1. The van der Waals surface area contributed by atoms with Crippen LogP contribution < -0.4 is 5.32 Å². The molecule has 0 bridgehead atoms. The summed E-state index contributed by atoms with van der Waals surface area (Å²) in [6.07, 6.45) is 0. The van der Waals surface area contributed by atoms with E-state index in [4.69, 9.17) is 0 Å². The van der Waals surface area contributed by atoms with Gasteiger partial charge in [-0.3, -0.25) is 10.1 Å². The third-order valence-electron chi connectivity index (χ3n) is 2.83. The van der Waals surface area contributed by atoms with E-state index in [-0.39, 0.29) is 22.1 Å². The molecule has 1 aromatic rings. The average molecular weight is 301 g/mol. The number of hydrogen-bond acceptors (Lipinski definition) is 3. The van der Waals surface area contributed by atoms with Crippen LogP contribution in [0.4, 0.5) is 11.4 Å². The Morgan fingerprint density at radius 1 is 1.41 bits per heavy atom. The van der Waals surface area contributed by atoms with Gasteiger partial charge in [0.2, 0.25) is 0 Å². The van der Waals surface area contributed by atoms with E-state index in [2.05, 4.69) is 42.0 Å². The molecule has 0 heterocycles. The summed E-state index contributed by atoms with van der Waals surface area (Å²) in [5.41, 5.74) is 0.687. The molecule has 0 radical (unpaired) electrons. The summed E-state index contributed by atoms with van der Waals surface area (Å²) in [6.45, 7) is 8.29. The molecule has 0 spiro atoms. The predicted molar refractivity (Wildman–Crippen MR) is 73.3 cm³/mol. The third kappa shape index (κ3) is 3.70. The molecule has 94 valence electrons. The lowest BCUT2D eigenvalue weighted by molar-refractivity contribution is -0.384. The van der Waals surface area contributed by atoms with Gasteiger partial charge in [0, 0.05) is 16.6 Å². The van der Waals surface area contributed by atoms with E-state index in [0.29, 0.717) is 5.69 Å². The lowest BCUT2D eigenvalue weighted by Crippen LogP contribution is -2.31. The molecule has 5 heteroatoms. The quantitative estimate of drug-likeness (QED) is 0.672. The lowest BCUT2D eigenvalue weighted by atomic mass is 9.88. The van der Waals surface area contributed by atoms with Gasteiger partial charge in [0.15, 0.2) is 0 Å². The van der Waals surface area contributed by atoms with Gasteiger partial charge >= 0.3 is 0 Å². The van der Waals surface area contributed by atoms with Crippen molar-refractivity contribution < 1.29 is 4.92 Å². The summed E-state index contributed by atoms with van der Waals surface area (Å²) >= 11 is 3.32. The van der Waals surface area contributed by atoms with Crippen LogP contribution in [0.2, 0.25) is 0 Å². The van der Waals surface area contributed by atoms with Crippen molar-refractivity contribution in [3.8, 4) is 0 Å². The first-order valence-corrected chi connectivity index (χ1v) is 6.21. The van der Waals surface area contributed by atoms with E-state index in [0.717, 1.165) is 4.47 Å². The van der Waals surface area contributed by atoms with Gasteiger partial charge < -0.3 is 5.32 Å². The zero-order valence-electron chi connectivity index (χ0n) is 10.5. The second-order valence-electron chi connectivity index (χ2n) is 5.15. The van der Waals surface area contributed by atoms with Gasteiger partial charge in [0.25, 0.3) is 5.69 Å².